The zero-order valence-corrected chi connectivity index (χ0v) is 6.71. The standard InChI is InChI=1S/C10H10NO/c12-8-10(6-7-10)11-9-4-2-1-3-5-9/h2-5,8,11H,6-7H2. The van der Waals surface area contributed by atoms with E-state index in [1.54, 1.807) is 0 Å². The van der Waals surface area contributed by atoms with Gasteiger partial charge in [0.25, 0.3) is 0 Å². The van der Waals surface area contributed by atoms with Crippen molar-refractivity contribution in [3.05, 3.63) is 30.3 Å². The SMILES string of the molecule is O=CC1(Nc2cc[c]cc2)CC1. The third-order valence-corrected chi connectivity index (χ3v) is 2.13. The number of aldehydes is 1. The molecule has 0 spiro atoms. The van der Waals surface area contributed by atoms with E-state index in [0.29, 0.717) is 0 Å². The molecule has 1 aliphatic rings. The van der Waals surface area contributed by atoms with E-state index in [1.165, 1.54) is 0 Å². The molecule has 2 nitrogen and oxygen atoms in total. The van der Waals surface area contributed by atoms with Crippen LogP contribution in [0, 0.1) is 6.07 Å². The first-order valence-electron chi connectivity index (χ1n) is 4.05. The van der Waals surface area contributed by atoms with Crippen molar-refractivity contribution in [1.82, 2.24) is 0 Å². The van der Waals surface area contributed by atoms with Gasteiger partial charge in [0, 0.05) is 5.69 Å². The lowest BCUT2D eigenvalue weighted by atomic mass is 10.2. The smallest absolute Gasteiger partial charge is 0.145 e. The summed E-state index contributed by atoms with van der Waals surface area (Å²) in [6, 6.07) is 10.4. The third kappa shape index (κ3) is 1.33. The minimum atomic E-state index is -0.249. The molecule has 1 radical (unpaired) electrons. The van der Waals surface area contributed by atoms with Gasteiger partial charge in [0.05, 0.1) is 5.54 Å². The van der Waals surface area contributed by atoms with Crippen LogP contribution in [0.5, 0.6) is 0 Å². The van der Waals surface area contributed by atoms with Gasteiger partial charge in [0.15, 0.2) is 0 Å². The van der Waals surface area contributed by atoms with E-state index in [0.717, 1.165) is 24.8 Å². The molecule has 0 saturated heterocycles. The molecule has 0 atom stereocenters. The fourth-order valence-electron chi connectivity index (χ4n) is 1.16. The first-order chi connectivity index (χ1) is 5.85. The molecule has 1 saturated carbocycles. The van der Waals surface area contributed by atoms with E-state index in [1.807, 2.05) is 24.3 Å². The second-order valence-corrected chi connectivity index (χ2v) is 3.19. The quantitative estimate of drug-likeness (QED) is 0.681. The lowest BCUT2D eigenvalue weighted by Gasteiger charge is -2.10. The summed E-state index contributed by atoms with van der Waals surface area (Å²) in [5.41, 5.74) is 0.750. The second-order valence-electron chi connectivity index (χ2n) is 3.19. The van der Waals surface area contributed by atoms with Crippen molar-refractivity contribution < 1.29 is 4.79 Å². The van der Waals surface area contributed by atoms with Gasteiger partial charge in [0.2, 0.25) is 0 Å². The number of carbonyl (C=O) groups excluding carboxylic acids is 1. The first kappa shape index (κ1) is 7.35. The van der Waals surface area contributed by atoms with Crippen LogP contribution in [-0.4, -0.2) is 11.8 Å². The molecule has 0 amide bonds. The Balaban J connectivity index is 2.09. The van der Waals surface area contributed by atoms with E-state index in [-0.39, 0.29) is 5.54 Å². The molecule has 2 rings (SSSR count). The van der Waals surface area contributed by atoms with Crippen LogP contribution in [0.1, 0.15) is 12.8 Å². The number of hydrogen-bond acceptors (Lipinski definition) is 2. The van der Waals surface area contributed by atoms with Gasteiger partial charge in [-0.3, -0.25) is 0 Å². The van der Waals surface area contributed by atoms with Gasteiger partial charge in [-0.1, -0.05) is 12.1 Å². The fraction of sp³-hybridized carbons (Fsp3) is 0.300. The van der Waals surface area contributed by atoms with Crippen molar-refractivity contribution in [2.24, 2.45) is 0 Å². The average Bonchev–Trinajstić information content (AvgIpc) is 2.88. The van der Waals surface area contributed by atoms with Crippen LogP contribution in [0.15, 0.2) is 24.3 Å². The highest BCUT2D eigenvalue weighted by Crippen LogP contribution is 2.36. The summed E-state index contributed by atoms with van der Waals surface area (Å²) >= 11 is 0. The van der Waals surface area contributed by atoms with Crippen LogP contribution >= 0.6 is 0 Å². The van der Waals surface area contributed by atoms with Gasteiger partial charge in [-0.25, -0.2) is 0 Å². The number of rotatable bonds is 3. The highest BCUT2D eigenvalue weighted by molar-refractivity contribution is 5.74. The molecule has 0 heterocycles. The lowest BCUT2D eigenvalue weighted by Crippen LogP contribution is -2.22. The zero-order chi connectivity index (χ0) is 8.44. The Morgan fingerprint density at radius 1 is 1.42 bits per heavy atom. The molecule has 12 heavy (non-hydrogen) atoms. The van der Waals surface area contributed by atoms with Crippen molar-refractivity contribution in [2.75, 3.05) is 5.32 Å². The minimum absolute atomic E-state index is 0.249. The summed E-state index contributed by atoms with van der Waals surface area (Å²) in [7, 11) is 0. The number of carbonyl (C=O) groups is 1. The number of benzene rings is 1. The van der Waals surface area contributed by atoms with Gasteiger partial charge >= 0.3 is 0 Å². The molecule has 1 aliphatic carbocycles. The van der Waals surface area contributed by atoms with Crippen molar-refractivity contribution in [3.63, 3.8) is 0 Å². The Kier molecular flexibility index (Phi) is 1.61. The third-order valence-electron chi connectivity index (χ3n) is 2.13. The van der Waals surface area contributed by atoms with E-state index in [9.17, 15) is 4.79 Å². The Morgan fingerprint density at radius 3 is 2.58 bits per heavy atom. The maximum absolute atomic E-state index is 10.6. The van der Waals surface area contributed by atoms with Crippen molar-refractivity contribution in [3.8, 4) is 0 Å². The Morgan fingerprint density at radius 2 is 2.08 bits per heavy atom. The zero-order valence-electron chi connectivity index (χ0n) is 6.71. The summed E-state index contributed by atoms with van der Waals surface area (Å²) in [6.07, 6.45) is 2.91. The molecule has 1 fully saturated rings. The fourth-order valence-corrected chi connectivity index (χ4v) is 1.16. The highest BCUT2D eigenvalue weighted by atomic mass is 16.1. The summed E-state index contributed by atoms with van der Waals surface area (Å²) < 4.78 is 0. The van der Waals surface area contributed by atoms with Crippen molar-refractivity contribution in [1.29, 1.82) is 0 Å². The summed E-state index contributed by atoms with van der Waals surface area (Å²) in [5.74, 6) is 0. The van der Waals surface area contributed by atoms with Crippen LogP contribution in [-0.2, 0) is 4.79 Å². The van der Waals surface area contributed by atoms with Gasteiger partial charge in [0.1, 0.15) is 6.29 Å². The Hall–Kier alpha value is -1.31. The molecule has 0 unspecified atom stereocenters. The van der Waals surface area contributed by atoms with Crippen LogP contribution in [0.4, 0.5) is 5.69 Å². The second kappa shape index (κ2) is 2.63. The Bertz CT molecular complexity index is 277. The highest BCUT2D eigenvalue weighted by Gasteiger charge is 2.42. The van der Waals surface area contributed by atoms with Gasteiger partial charge in [-0.05, 0) is 31.0 Å². The molecule has 0 bridgehead atoms. The van der Waals surface area contributed by atoms with Gasteiger partial charge in [-0.2, -0.15) is 0 Å². The summed E-state index contributed by atoms with van der Waals surface area (Å²) in [4.78, 5) is 10.6. The monoisotopic (exact) mass is 160 g/mol. The average molecular weight is 160 g/mol. The predicted molar refractivity (Wildman–Crippen MR) is 46.9 cm³/mol. The maximum atomic E-state index is 10.6. The maximum Gasteiger partial charge on any atom is 0.145 e. The molecule has 1 aromatic carbocycles. The van der Waals surface area contributed by atoms with Gasteiger partial charge < -0.3 is 10.1 Å². The van der Waals surface area contributed by atoms with Gasteiger partial charge in [-0.15, -0.1) is 0 Å². The molecular weight excluding hydrogens is 150 g/mol. The molecule has 0 aliphatic heterocycles. The van der Waals surface area contributed by atoms with E-state index < -0.39 is 0 Å². The first-order valence-corrected chi connectivity index (χ1v) is 4.05. The molecule has 2 heteroatoms. The van der Waals surface area contributed by atoms with Crippen molar-refractivity contribution in [2.45, 2.75) is 18.4 Å². The van der Waals surface area contributed by atoms with E-state index in [2.05, 4.69) is 11.4 Å². The van der Waals surface area contributed by atoms with Crippen LogP contribution in [0.3, 0.4) is 0 Å². The molecule has 1 N–H and O–H groups in total. The Labute approximate surface area is 71.6 Å². The van der Waals surface area contributed by atoms with Crippen molar-refractivity contribution >= 4 is 12.0 Å². The largest absolute Gasteiger partial charge is 0.373 e. The molecule has 0 aromatic heterocycles. The predicted octanol–water partition coefficient (Wildman–Crippen LogP) is 1.63. The summed E-state index contributed by atoms with van der Waals surface area (Å²) in [6.45, 7) is 0. The number of anilines is 1. The van der Waals surface area contributed by atoms with E-state index in [4.69, 9.17) is 0 Å². The normalized spacial score (nSPS) is 18.3. The lowest BCUT2D eigenvalue weighted by molar-refractivity contribution is -0.109. The molecular formula is C10H10NO. The summed E-state index contributed by atoms with van der Waals surface area (Å²) in [5, 5.41) is 3.19. The van der Waals surface area contributed by atoms with Crippen LogP contribution in [0.25, 0.3) is 0 Å². The van der Waals surface area contributed by atoms with Crippen LogP contribution < -0.4 is 5.32 Å². The van der Waals surface area contributed by atoms with Crippen LogP contribution in [0.2, 0.25) is 0 Å². The van der Waals surface area contributed by atoms with E-state index >= 15 is 0 Å². The topological polar surface area (TPSA) is 29.1 Å². The molecule has 61 valence electrons. The molecule has 1 aromatic rings. The number of nitrogens with one attached hydrogen (secondary N) is 1. The number of hydrogen-bond donors (Lipinski definition) is 1. The minimum Gasteiger partial charge on any atom is -0.373 e.